The topological polar surface area (TPSA) is 59.9 Å². The first-order chi connectivity index (χ1) is 9.26. The molecular weight excluding hydrogens is 284 g/mol. The maximum atomic E-state index is 6.09. The largest absolute Gasteiger partial charge is 0.490 e. The Balaban J connectivity index is 2.35. The van der Waals surface area contributed by atoms with E-state index < -0.39 is 0 Å². The van der Waals surface area contributed by atoms with Gasteiger partial charge in [0.1, 0.15) is 11.4 Å². The normalized spacial score (nSPS) is 10.3. The second-order valence-corrected chi connectivity index (χ2v) is 4.87. The molecule has 5 nitrogen and oxygen atoms in total. The number of aromatic nitrogens is 3. The minimum Gasteiger partial charge on any atom is -0.490 e. The molecule has 2 aromatic rings. The quantitative estimate of drug-likeness (QED) is 0.856. The zero-order chi connectivity index (χ0) is 13.7. The van der Waals surface area contributed by atoms with E-state index in [0.29, 0.717) is 26.6 Å². The SMILES string of the molecule is CCNc1ncnc(Sc2ncccc2Cl)c1OC. The first-order valence-electron chi connectivity index (χ1n) is 5.67. The van der Waals surface area contributed by atoms with Gasteiger partial charge >= 0.3 is 0 Å². The van der Waals surface area contributed by atoms with Gasteiger partial charge in [-0.15, -0.1) is 0 Å². The fraction of sp³-hybridized carbons (Fsp3) is 0.250. The fourth-order valence-electron chi connectivity index (χ4n) is 1.45. The molecular formula is C12H13ClN4OS. The highest BCUT2D eigenvalue weighted by molar-refractivity contribution is 7.99. The maximum absolute atomic E-state index is 6.09. The van der Waals surface area contributed by atoms with Crippen LogP contribution >= 0.6 is 23.4 Å². The lowest BCUT2D eigenvalue weighted by atomic mass is 10.5. The van der Waals surface area contributed by atoms with Crippen LogP contribution in [0.2, 0.25) is 5.02 Å². The van der Waals surface area contributed by atoms with Crippen LogP contribution in [0.3, 0.4) is 0 Å². The van der Waals surface area contributed by atoms with Crippen molar-refractivity contribution in [2.75, 3.05) is 19.0 Å². The third kappa shape index (κ3) is 3.27. The first-order valence-corrected chi connectivity index (χ1v) is 6.87. The van der Waals surface area contributed by atoms with Crippen molar-refractivity contribution in [3.63, 3.8) is 0 Å². The summed E-state index contributed by atoms with van der Waals surface area (Å²) in [4.78, 5) is 12.6. The molecule has 0 atom stereocenters. The number of ether oxygens (including phenoxy) is 1. The fourth-order valence-corrected chi connectivity index (χ4v) is 2.52. The number of anilines is 1. The Morgan fingerprint density at radius 3 is 2.84 bits per heavy atom. The molecule has 2 aromatic heterocycles. The van der Waals surface area contributed by atoms with Gasteiger partial charge in [-0.25, -0.2) is 15.0 Å². The molecule has 0 saturated heterocycles. The lowest BCUT2D eigenvalue weighted by Crippen LogP contribution is -2.03. The number of hydrogen-bond acceptors (Lipinski definition) is 6. The number of hydrogen-bond donors (Lipinski definition) is 1. The summed E-state index contributed by atoms with van der Waals surface area (Å²) in [5.41, 5.74) is 0. The third-order valence-corrected chi connectivity index (χ3v) is 3.66. The van der Waals surface area contributed by atoms with Gasteiger partial charge in [0.05, 0.1) is 12.1 Å². The van der Waals surface area contributed by atoms with Crippen molar-refractivity contribution in [1.29, 1.82) is 0 Å². The zero-order valence-electron chi connectivity index (χ0n) is 10.6. The molecule has 0 unspecified atom stereocenters. The summed E-state index contributed by atoms with van der Waals surface area (Å²) in [6.45, 7) is 2.74. The van der Waals surface area contributed by atoms with E-state index in [0.717, 1.165) is 6.54 Å². The molecule has 0 bridgehead atoms. The number of methoxy groups -OCH3 is 1. The summed E-state index contributed by atoms with van der Waals surface area (Å²) >= 11 is 7.43. The Hall–Kier alpha value is -1.53. The molecule has 0 fully saturated rings. The average molecular weight is 297 g/mol. The second-order valence-electron chi connectivity index (χ2n) is 3.48. The molecule has 2 rings (SSSR count). The summed E-state index contributed by atoms with van der Waals surface area (Å²) in [7, 11) is 1.59. The summed E-state index contributed by atoms with van der Waals surface area (Å²) in [5.74, 6) is 1.26. The highest BCUT2D eigenvalue weighted by Gasteiger charge is 2.14. The lowest BCUT2D eigenvalue weighted by molar-refractivity contribution is 0.400. The molecule has 0 aliphatic heterocycles. The van der Waals surface area contributed by atoms with Crippen molar-refractivity contribution in [2.45, 2.75) is 17.0 Å². The molecule has 19 heavy (non-hydrogen) atoms. The number of nitrogens with zero attached hydrogens (tertiary/aromatic N) is 3. The van der Waals surface area contributed by atoms with Gasteiger partial charge in [-0.3, -0.25) is 0 Å². The summed E-state index contributed by atoms with van der Waals surface area (Å²) in [5, 5.41) is 5.07. The molecule has 0 radical (unpaired) electrons. The second kappa shape index (κ2) is 6.58. The van der Waals surface area contributed by atoms with Crippen LogP contribution < -0.4 is 10.1 Å². The van der Waals surface area contributed by atoms with Crippen molar-refractivity contribution in [1.82, 2.24) is 15.0 Å². The molecule has 0 saturated carbocycles. The Bertz CT molecular complexity index is 567. The van der Waals surface area contributed by atoms with E-state index in [1.165, 1.54) is 18.1 Å². The van der Waals surface area contributed by atoms with Gasteiger partial charge in [0, 0.05) is 12.7 Å². The van der Waals surface area contributed by atoms with Gasteiger partial charge in [0.25, 0.3) is 0 Å². The number of pyridine rings is 1. The molecule has 0 aliphatic carbocycles. The molecule has 1 N–H and O–H groups in total. The van der Waals surface area contributed by atoms with E-state index in [2.05, 4.69) is 20.3 Å². The molecule has 7 heteroatoms. The molecule has 0 aromatic carbocycles. The number of halogens is 1. The van der Waals surface area contributed by atoms with E-state index in [-0.39, 0.29) is 0 Å². The molecule has 0 spiro atoms. The zero-order valence-corrected chi connectivity index (χ0v) is 12.1. The van der Waals surface area contributed by atoms with Crippen molar-refractivity contribution in [3.05, 3.63) is 29.7 Å². The average Bonchev–Trinajstić information content (AvgIpc) is 2.42. The first kappa shape index (κ1) is 13.9. The van der Waals surface area contributed by atoms with Crippen LogP contribution in [0.4, 0.5) is 5.82 Å². The molecule has 0 aliphatic rings. The van der Waals surface area contributed by atoms with Gasteiger partial charge < -0.3 is 10.1 Å². The lowest BCUT2D eigenvalue weighted by Gasteiger charge is -2.11. The highest BCUT2D eigenvalue weighted by atomic mass is 35.5. The van der Waals surface area contributed by atoms with Crippen LogP contribution in [0.25, 0.3) is 0 Å². The van der Waals surface area contributed by atoms with E-state index in [1.54, 1.807) is 25.4 Å². The monoisotopic (exact) mass is 296 g/mol. The number of nitrogens with one attached hydrogen (secondary N) is 1. The summed E-state index contributed by atoms with van der Waals surface area (Å²) < 4.78 is 5.36. The van der Waals surface area contributed by atoms with Crippen molar-refractivity contribution < 1.29 is 4.74 Å². The predicted octanol–water partition coefficient (Wildman–Crippen LogP) is 3.12. The van der Waals surface area contributed by atoms with Crippen LogP contribution in [0.15, 0.2) is 34.7 Å². The van der Waals surface area contributed by atoms with Crippen molar-refractivity contribution in [3.8, 4) is 5.75 Å². The van der Waals surface area contributed by atoms with Gasteiger partial charge in [-0.2, -0.15) is 0 Å². The third-order valence-electron chi connectivity index (χ3n) is 2.24. The van der Waals surface area contributed by atoms with Gasteiger partial charge in [-0.1, -0.05) is 11.6 Å². The van der Waals surface area contributed by atoms with Crippen molar-refractivity contribution in [2.24, 2.45) is 0 Å². The van der Waals surface area contributed by atoms with E-state index in [1.807, 2.05) is 6.92 Å². The highest BCUT2D eigenvalue weighted by Crippen LogP contribution is 2.38. The van der Waals surface area contributed by atoms with Gasteiger partial charge in [0.15, 0.2) is 16.6 Å². The van der Waals surface area contributed by atoms with Crippen LogP contribution in [-0.4, -0.2) is 28.6 Å². The van der Waals surface area contributed by atoms with Crippen LogP contribution in [0.1, 0.15) is 6.92 Å². The predicted molar refractivity (Wildman–Crippen MR) is 76.1 cm³/mol. The smallest absolute Gasteiger partial charge is 0.194 e. The summed E-state index contributed by atoms with van der Waals surface area (Å²) in [6.07, 6.45) is 3.17. The van der Waals surface area contributed by atoms with Crippen LogP contribution in [0.5, 0.6) is 5.75 Å². The Labute approximate surface area is 120 Å². The minimum absolute atomic E-state index is 0.582. The Morgan fingerprint density at radius 1 is 1.32 bits per heavy atom. The number of rotatable bonds is 5. The molecule has 0 amide bonds. The summed E-state index contributed by atoms with van der Waals surface area (Å²) in [6, 6.07) is 3.57. The van der Waals surface area contributed by atoms with E-state index in [4.69, 9.17) is 16.3 Å². The van der Waals surface area contributed by atoms with E-state index >= 15 is 0 Å². The minimum atomic E-state index is 0.582. The van der Waals surface area contributed by atoms with Gasteiger partial charge in [-0.05, 0) is 30.8 Å². The van der Waals surface area contributed by atoms with Gasteiger partial charge in [0.2, 0.25) is 0 Å². The van der Waals surface area contributed by atoms with E-state index in [9.17, 15) is 0 Å². The molecule has 2 heterocycles. The standard InChI is InChI=1S/C12H13ClN4OS/c1-3-14-10-9(18-2)12(17-7-16-10)19-11-8(13)5-4-6-15-11/h4-7H,3H2,1-2H3,(H,14,16,17). The molecule has 100 valence electrons. The maximum Gasteiger partial charge on any atom is 0.194 e. The van der Waals surface area contributed by atoms with Crippen molar-refractivity contribution >= 4 is 29.2 Å². The Kier molecular flexibility index (Phi) is 4.81. The Morgan fingerprint density at radius 2 is 2.16 bits per heavy atom. The van der Waals surface area contributed by atoms with Crippen LogP contribution in [0, 0.1) is 0 Å². The van der Waals surface area contributed by atoms with Crippen LogP contribution in [-0.2, 0) is 0 Å².